The molecule has 0 bridgehead atoms. The number of fused-ring (bicyclic) bond motifs is 1. The number of nitrogens with zero attached hydrogens (tertiary/aromatic N) is 5. The number of hydrogen-bond acceptors (Lipinski definition) is 10. The van der Waals surface area contributed by atoms with Crippen LogP contribution in [0.3, 0.4) is 0 Å². The van der Waals surface area contributed by atoms with Gasteiger partial charge in [0.05, 0.1) is 35.1 Å². The van der Waals surface area contributed by atoms with Crippen molar-refractivity contribution in [2.24, 2.45) is 5.41 Å². The van der Waals surface area contributed by atoms with Crippen LogP contribution in [0.1, 0.15) is 54.4 Å². The number of amides is 3. The van der Waals surface area contributed by atoms with Gasteiger partial charge in [0.2, 0.25) is 17.7 Å². The smallest absolute Gasteiger partial charge is 0.247 e. The van der Waals surface area contributed by atoms with Gasteiger partial charge in [-0.15, -0.1) is 0 Å². The Bertz CT molecular complexity index is 1740. The minimum absolute atomic E-state index is 0.281. The van der Waals surface area contributed by atoms with Crippen molar-refractivity contribution in [2.75, 3.05) is 62.4 Å². The van der Waals surface area contributed by atoms with Crippen LogP contribution in [-0.2, 0) is 14.4 Å². The highest BCUT2D eigenvalue weighted by Crippen LogP contribution is 2.36. The molecule has 13 nitrogen and oxygen atoms in total. The third kappa shape index (κ3) is 8.65. The van der Waals surface area contributed by atoms with Crippen molar-refractivity contribution in [3.05, 3.63) is 41.7 Å². The van der Waals surface area contributed by atoms with E-state index in [2.05, 4.69) is 54.9 Å². The highest BCUT2D eigenvalue weighted by molar-refractivity contribution is 6.33. The molecule has 0 spiro atoms. The van der Waals surface area contributed by atoms with Gasteiger partial charge in [-0.3, -0.25) is 19.3 Å². The van der Waals surface area contributed by atoms with Gasteiger partial charge in [-0.05, 0) is 70.3 Å². The molecule has 276 valence electrons. The van der Waals surface area contributed by atoms with Crippen LogP contribution in [-0.4, -0.2) is 109 Å². The van der Waals surface area contributed by atoms with Crippen LogP contribution < -0.4 is 30.9 Å². The van der Waals surface area contributed by atoms with Crippen molar-refractivity contribution < 1.29 is 19.1 Å². The third-order valence-electron chi connectivity index (χ3n) is 9.87. The molecule has 2 aliphatic rings. The second-order valence-corrected chi connectivity index (χ2v) is 15.1. The van der Waals surface area contributed by atoms with E-state index in [-0.39, 0.29) is 17.7 Å². The van der Waals surface area contributed by atoms with Crippen molar-refractivity contribution in [3.63, 3.8) is 0 Å². The number of piperazine rings is 1. The van der Waals surface area contributed by atoms with Gasteiger partial charge in [0, 0.05) is 55.9 Å². The van der Waals surface area contributed by atoms with Gasteiger partial charge in [0.25, 0.3) is 0 Å². The minimum Gasteiger partial charge on any atom is -0.494 e. The molecule has 2 aliphatic heterocycles. The first-order chi connectivity index (χ1) is 24.2. The average Bonchev–Trinajstić information content (AvgIpc) is 3.60. The highest BCUT2D eigenvalue weighted by atomic mass is 35.5. The van der Waals surface area contributed by atoms with E-state index in [9.17, 15) is 14.4 Å². The predicted octanol–water partition coefficient (Wildman–Crippen LogP) is 4.63. The molecule has 0 saturated carbocycles. The van der Waals surface area contributed by atoms with E-state index < -0.39 is 23.5 Å². The number of aromatic nitrogens is 2. The Kier molecular flexibility index (Phi) is 11.9. The van der Waals surface area contributed by atoms with Crippen LogP contribution in [0.15, 0.2) is 36.7 Å². The fourth-order valence-corrected chi connectivity index (χ4v) is 6.94. The second-order valence-electron chi connectivity index (χ2n) is 14.7. The van der Waals surface area contributed by atoms with Crippen LogP contribution in [0, 0.1) is 5.41 Å². The Morgan fingerprint density at radius 2 is 1.73 bits per heavy atom. The van der Waals surface area contributed by atoms with Crippen molar-refractivity contribution >= 4 is 63.1 Å². The van der Waals surface area contributed by atoms with Crippen LogP contribution in [0.5, 0.6) is 5.75 Å². The Morgan fingerprint density at radius 3 is 2.35 bits per heavy atom. The number of benzene rings is 2. The zero-order valence-corrected chi connectivity index (χ0v) is 31.7. The van der Waals surface area contributed by atoms with Crippen molar-refractivity contribution in [3.8, 4) is 5.75 Å². The SMILES string of the molecule is CN[C@@H](C)C(=O)N[C@H](C(=O)N1CCC[C@H]1C(=O)Nc1cc2c(Nc3ccc(N4CCN(C(C)C)CC4)c(Cl)c3)ncnc2cc1OC)C(C)(C)C. The lowest BCUT2D eigenvalue weighted by Gasteiger charge is -2.38. The molecule has 1 aromatic heterocycles. The number of methoxy groups -OCH3 is 1. The summed E-state index contributed by atoms with van der Waals surface area (Å²) in [5.74, 6) is 0.0394. The van der Waals surface area contributed by atoms with Gasteiger partial charge in [0.1, 0.15) is 30.0 Å². The molecule has 0 unspecified atom stereocenters. The first-order valence-electron chi connectivity index (χ1n) is 17.7. The Morgan fingerprint density at radius 1 is 1.00 bits per heavy atom. The van der Waals surface area contributed by atoms with E-state index in [1.54, 1.807) is 31.0 Å². The molecule has 5 rings (SSSR count). The Hall–Kier alpha value is -4.20. The molecule has 3 aromatic rings. The highest BCUT2D eigenvalue weighted by Gasteiger charge is 2.42. The predicted molar refractivity (Wildman–Crippen MR) is 203 cm³/mol. The van der Waals surface area contributed by atoms with Crippen LogP contribution in [0.25, 0.3) is 10.9 Å². The number of nitrogens with one attached hydrogen (secondary N) is 4. The standard InChI is InChI=1S/C37H52ClN9O4/c1-22(2)45-14-16-46(17-15-45)29-12-11-24(18-26(29)38)42-33-25-19-28(31(51-8)20-27(25)40-21-41-33)43-35(49)30-10-9-13-47(30)36(50)32(37(4,5)6)44-34(48)23(3)39-7/h11-12,18-23,30,32,39H,9-10,13-17H2,1-8H3,(H,43,49)(H,44,48)(H,40,41,42)/t23-,30-,32+/m0/s1. The van der Waals surface area contributed by atoms with Gasteiger partial charge < -0.3 is 35.8 Å². The van der Waals surface area contributed by atoms with Crippen molar-refractivity contribution in [1.29, 1.82) is 0 Å². The summed E-state index contributed by atoms with van der Waals surface area (Å²) < 4.78 is 5.66. The maximum atomic E-state index is 13.9. The first-order valence-corrected chi connectivity index (χ1v) is 18.1. The number of carbonyl (C=O) groups is 3. The fourth-order valence-electron chi connectivity index (χ4n) is 6.64. The largest absolute Gasteiger partial charge is 0.494 e. The zero-order valence-electron chi connectivity index (χ0n) is 31.0. The number of anilines is 4. The average molecular weight is 722 g/mol. The molecular formula is C37H52ClN9O4. The monoisotopic (exact) mass is 721 g/mol. The first kappa shape index (κ1) is 38.0. The van der Waals surface area contributed by atoms with Gasteiger partial charge in [0.15, 0.2) is 0 Å². The number of hydrogen-bond donors (Lipinski definition) is 4. The molecule has 51 heavy (non-hydrogen) atoms. The quantitative estimate of drug-likeness (QED) is 0.221. The molecule has 14 heteroatoms. The van der Waals surface area contributed by atoms with Crippen LogP contribution in [0.4, 0.5) is 22.9 Å². The van der Waals surface area contributed by atoms with Crippen molar-refractivity contribution in [1.82, 2.24) is 30.4 Å². The zero-order chi connectivity index (χ0) is 37.0. The third-order valence-corrected chi connectivity index (χ3v) is 10.2. The lowest BCUT2D eigenvalue weighted by Crippen LogP contribution is -2.59. The van der Waals surface area contributed by atoms with E-state index in [4.69, 9.17) is 16.3 Å². The van der Waals surface area contributed by atoms with Gasteiger partial charge in [-0.25, -0.2) is 9.97 Å². The number of halogens is 1. The molecule has 4 N–H and O–H groups in total. The lowest BCUT2D eigenvalue weighted by molar-refractivity contribution is -0.143. The molecule has 3 heterocycles. The van der Waals surface area contributed by atoms with E-state index in [0.29, 0.717) is 58.6 Å². The Labute approximate surface area is 305 Å². The maximum Gasteiger partial charge on any atom is 0.247 e. The molecule has 2 saturated heterocycles. The molecule has 0 aliphatic carbocycles. The Balaban J connectivity index is 1.35. The fraction of sp³-hybridized carbons (Fsp3) is 0.541. The van der Waals surface area contributed by atoms with E-state index in [1.165, 1.54) is 13.4 Å². The maximum absolute atomic E-state index is 13.9. The number of carbonyl (C=O) groups excluding carboxylic acids is 3. The summed E-state index contributed by atoms with van der Waals surface area (Å²) in [4.78, 5) is 55.9. The summed E-state index contributed by atoms with van der Waals surface area (Å²) >= 11 is 6.81. The second kappa shape index (κ2) is 16.0. The van der Waals surface area contributed by atoms with Gasteiger partial charge in [-0.1, -0.05) is 32.4 Å². The molecular weight excluding hydrogens is 670 g/mol. The molecule has 3 amide bonds. The topological polar surface area (TPSA) is 144 Å². The summed E-state index contributed by atoms with van der Waals surface area (Å²) in [6.07, 6.45) is 2.62. The molecule has 2 fully saturated rings. The van der Waals surface area contributed by atoms with E-state index >= 15 is 0 Å². The van der Waals surface area contributed by atoms with Gasteiger partial charge >= 0.3 is 0 Å². The van der Waals surface area contributed by atoms with Crippen LogP contribution >= 0.6 is 11.6 Å². The molecule has 2 aromatic carbocycles. The van der Waals surface area contributed by atoms with Gasteiger partial charge in [-0.2, -0.15) is 0 Å². The van der Waals surface area contributed by atoms with E-state index in [0.717, 1.165) is 37.6 Å². The van der Waals surface area contributed by atoms with Crippen LogP contribution in [0.2, 0.25) is 5.02 Å². The summed E-state index contributed by atoms with van der Waals surface area (Å²) in [7, 11) is 3.21. The number of ether oxygens (including phenoxy) is 1. The minimum atomic E-state index is -0.812. The summed E-state index contributed by atoms with van der Waals surface area (Å²) in [5.41, 5.74) is 2.21. The summed E-state index contributed by atoms with van der Waals surface area (Å²) in [6, 6.07) is 7.93. The number of likely N-dealkylation sites (N-methyl/N-ethyl adjacent to an activating group) is 1. The molecule has 0 radical (unpaired) electrons. The lowest BCUT2D eigenvalue weighted by atomic mass is 9.85. The van der Waals surface area contributed by atoms with E-state index in [1.807, 2.05) is 39.0 Å². The summed E-state index contributed by atoms with van der Waals surface area (Å²) in [6.45, 7) is 16.1. The molecule has 3 atom stereocenters. The number of likely N-dealkylation sites (tertiary alicyclic amines) is 1. The normalized spacial score (nSPS) is 18.1. The summed E-state index contributed by atoms with van der Waals surface area (Å²) in [5, 5.41) is 13.5. The van der Waals surface area contributed by atoms with Crippen molar-refractivity contribution in [2.45, 2.75) is 78.6 Å². The number of rotatable bonds is 11.